The number of nitrogens with one attached hydrogen (secondary N) is 1. The van der Waals surface area contributed by atoms with Crippen LogP contribution >= 0.6 is 11.3 Å². The van der Waals surface area contributed by atoms with Crippen LogP contribution in [0.3, 0.4) is 0 Å². The van der Waals surface area contributed by atoms with Gasteiger partial charge in [-0.05, 0) is 37.8 Å². The first kappa shape index (κ1) is 17.0. The molecule has 8 nitrogen and oxygen atoms in total. The predicted molar refractivity (Wildman–Crippen MR) is 91.6 cm³/mol. The molecule has 0 spiro atoms. The van der Waals surface area contributed by atoms with Crippen LogP contribution in [0.15, 0.2) is 23.6 Å². The Morgan fingerprint density at radius 3 is 2.92 bits per heavy atom. The van der Waals surface area contributed by atoms with Crippen LogP contribution in [0.2, 0.25) is 0 Å². The molecule has 3 rings (SSSR count). The van der Waals surface area contributed by atoms with E-state index in [2.05, 4.69) is 20.4 Å². The molecule has 9 heteroatoms. The van der Waals surface area contributed by atoms with E-state index in [-0.39, 0.29) is 18.3 Å². The monoisotopic (exact) mass is 359 g/mol. The third-order valence-electron chi connectivity index (χ3n) is 3.41. The van der Waals surface area contributed by atoms with Crippen molar-refractivity contribution in [2.45, 2.75) is 20.3 Å². The molecule has 0 unspecified atom stereocenters. The molecule has 3 aromatic rings. The first-order valence-electron chi connectivity index (χ1n) is 7.70. The van der Waals surface area contributed by atoms with Crippen LogP contribution in [0.5, 0.6) is 0 Å². The van der Waals surface area contributed by atoms with Gasteiger partial charge >= 0.3 is 5.97 Å². The summed E-state index contributed by atoms with van der Waals surface area (Å²) >= 11 is 1.63. The van der Waals surface area contributed by atoms with Gasteiger partial charge in [-0.2, -0.15) is 4.98 Å². The van der Waals surface area contributed by atoms with Crippen molar-refractivity contribution < 1.29 is 14.3 Å². The minimum atomic E-state index is -0.754. The van der Waals surface area contributed by atoms with Gasteiger partial charge in [0.1, 0.15) is 0 Å². The Labute approximate surface area is 147 Å². The van der Waals surface area contributed by atoms with E-state index >= 15 is 0 Å². The Kier molecular flexibility index (Phi) is 5.03. The standard InChI is InChI=1S/C16H17N5O3S/c1-10-8-11(2)21-16(18-10)19-14(20-21)15(23)24-9-13(22)17-6-5-12-4-3-7-25-12/h3-4,7-8H,5-6,9H2,1-2H3,(H,17,22). The molecular formula is C16H17N5O3S. The average molecular weight is 359 g/mol. The number of thiophene rings is 1. The smallest absolute Gasteiger partial charge is 0.378 e. The summed E-state index contributed by atoms with van der Waals surface area (Å²) in [6, 6.07) is 5.80. The van der Waals surface area contributed by atoms with E-state index in [1.54, 1.807) is 11.3 Å². The second-order valence-electron chi connectivity index (χ2n) is 5.44. The molecule has 0 saturated carbocycles. The van der Waals surface area contributed by atoms with Crippen molar-refractivity contribution in [2.24, 2.45) is 0 Å². The lowest BCUT2D eigenvalue weighted by atomic mass is 10.3. The van der Waals surface area contributed by atoms with Gasteiger partial charge < -0.3 is 10.1 Å². The summed E-state index contributed by atoms with van der Waals surface area (Å²) < 4.78 is 6.43. The van der Waals surface area contributed by atoms with Crippen molar-refractivity contribution >= 4 is 29.0 Å². The van der Waals surface area contributed by atoms with Crippen LogP contribution in [0.25, 0.3) is 5.78 Å². The Balaban J connectivity index is 1.52. The van der Waals surface area contributed by atoms with Gasteiger partial charge in [-0.15, -0.1) is 16.4 Å². The maximum absolute atomic E-state index is 12.0. The average Bonchev–Trinajstić information content (AvgIpc) is 3.22. The summed E-state index contributed by atoms with van der Waals surface area (Å²) in [6.45, 7) is 3.79. The molecule has 0 radical (unpaired) electrons. The predicted octanol–water partition coefficient (Wildman–Crippen LogP) is 1.32. The molecule has 0 aliphatic rings. The number of nitrogens with zero attached hydrogens (tertiary/aromatic N) is 4. The number of esters is 1. The maximum Gasteiger partial charge on any atom is 0.378 e. The second-order valence-corrected chi connectivity index (χ2v) is 6.47. The summed E-state index contributed by atoms with van der Waals surface area (Å²) in [6.07, 6.45) is 0.746. The third-order valence-corrected chi connectivity index (χ3v) is 4.35. The van der Waals surface area contributed by atoms with E-state index in [1.165, 1.54) is 9.39 Å². The number of rotatable bonds is 6. The number of fused-ring (bicyclic) bond motifs is 1. The number of ether oxygens (including phenoxy) is 1. The highest BCUT2D eigenvalue weighted by molar-refractivity contribution is 7.09. The summed E-state index contributed by atoms with van der Waals surface area (Å²) in [7, 11) is 0. The maximum atomic E-state index is 12.0. The fraction of sp³-hybridized carbons (Fsp3) is 0.312. The Hall–Kier alpha value is -2.81. The van der Waals surface area contributed by atoms with Gasteiger partial charge in [0, 0.05) is 22.8 Å². The van der Waals surface area contributed by atoms with Gasteiger partial charge in [0.05, 0.1) is 0 Å². The fourth-order valence-corrected chi connectivity index (χ4v) is 2.99. The van der Waals surface area contributed by atoms with Gasteiger partial charge in [-0.25, -0.2) is 14.3 Å². The highest BCUT2D eigenvalue weighted by atomic mass is 32.1. The SMILES string of the molecule is Cc1cc(C)n2nc(C(=O)OCC(=O)NCCc3cccs3)nc2n1. The van der Waals surface area contributed by atoms with Crippen molar-refractivity contribution in [3.63, 3.8) is 0 Å². The Bertz CT molecular complexity index is 904. The van der Waals surface area contributed by atoms with E-state index in [9.17, 15) is 9.59 Å². The first-order valence-corrected chi connectivity index (χ1v) is 8.58. The van der Waals surface area contributed by atoms with E-state index < -0.39 is 5.97 Å². The number of carbonyl (C=O) groups excluding carboxylic acids is 2. The van der Waals surface area contributed by atoms with Gasteiger partial charge in [0.2, 0.25) is 0 Å². The molecular weight excluding hydrogens is 342 g/mol. The lowest BCUT2D eigenvalue weighted by Gasteiger charge is -2.04. The normalized spacial score (nSPS) is 10.8. The number of aromatic nitrogens is 4. The topological polar surface area (TPSA) is 98.5 Å². The minimum Gasteiger partial charge on any atom is -0.450 e. The largest absolute Gasteiger partial charge is 0.450 e. The number of carbonyl (C=O) groups is 2. The zero-order chi connectivity index (χ0) is 17.8. The minimum absolute atomic E-state index is 0.118. The molecule has 3 aromatic heterocycles. The lowest BCUT2D eigenvalue weighted by molar-refractivity contribution is -0.124. The first-order chi connectivity index (χ1) is 12.0. The Morgan fingerprint density at radius 1 is 1.32 bits per heavy atom. The van der Waals surface area contributed by atoms with Crippen molar-refractivity contribution in [1.29, 1.82) is 0 Å². The molecule has 0 atom stereocenters. The molecule has 3 heterocycles. The molecule has 1 N–H and O–H groups in total. The summed E-state index contributed by atoms with van der Waals surface area (Å²) in [5, 5.41) is 8.75. The van der Waals surface area contributed by atoms with E-state index in [0.29, 0.717) is 12.3 Å². The van der Waals surface area contributed by atoms with Crippen LogP contribution in [0.4, 0.5) is 0 Å². The van der Waals surface area contributed by atoms with Crippen molar-refractivity contribution in [3.05, 3.63) is 45.7 Å². The lowest BCUT2D eigenvalue weighted by Crippen LogP contribution is -2.30. The molecule has 0 fully saturated rings. The highest BCUT2D eigenvalue weighted by Gasteiger charge is 2.17. The van der Waals surface area contributed by atoms with Crippen LogP contribution in [0, 0.1) is 13.8 Å². The van der Waals surface area contributed by atoms with E-state index in [4.69, 9.17) is 4.74 Å². The van der Waals surface area contributed by atoms with Gasteiger partial charge in [-0.3, -0.25) is 4.79 Å². The number of hydrogen-bond donors (Lipinski definition) is 1. The molecule has 25 heavy (non-hydrogen) atoms. The molecule has 1 amide bonds. The number of aryl methyl sites for hydroxylation is 2. The van der Waals surface area contributed by atoms with Gasteiger partial charge in [-0.1, -0.05) is 6.07 Å². The zero-order valence-electron chi connectivity index (χ0n) is 13.9. The van der Waals surface area contributed by atoms with E-state index in [0.717, 1.165) is 17.8 Å². The molecule has 0 aliphatic carbocycles. The molecule has 0 aliphatic heterocycles. The van der Waals surface area contributed by atoms with Crippen molar-refractivity contribution in [3.8, 4) is 0 Å². The Morgan fingerprint density at radius 2 is 2.16 bits per heavy atom. The van der Waals surface area contributed by atoms with Crippen molar-refractivity contribution in [2.75, 3.05) is 13.2 Å². The molecule has 0 aromatic carbocycles. The zero-order valence-corrected chi connectivity index (χ0v) is 14.7. The molecule has 130 valence electrons. The summed E-state index contributed by atoms with van der Waals surface area (Å²) in [5.41, 5.74) is 1.59. The van der Waals surface area contributed by atoms with Crippen LogP contribution in [0.1, 0.15) is 26.9 Å². The highest BCUT2D eigenvalue weighted by Crippen LogP contribution is 2.08. The summed E-state index contributed by atoms with van der Waals surface area (Å²) in [4.78, 5) is 33.2. The van der Waals surface area contributed by atoms with Crippen LogP contribution in [-0.4, -0.2) is 44.6 Å². The fourth-order valence-electron chi connectivity index (χ4n) is 2.28. The molecule has 0 bridgehead atoms. The van der Waals surface area contributed by atoms with E-state index in [1.807, 2.05) is 37.4 Å². The van der Waals surface area contributed by atoms with Gasteiger partial charge in [0.15, 0.2) is 6.61 Å². The van der Waals surface area contributed by atoms with Gasteiger partial charge in [0.25, 0.3) is 17.5 Å². The quantitative estimate of drug-likeness (QED) is 0.667. The number of amides is 1. The van der Waals surface area contributed by atoms with Crippen LogP contribution in [-0.2, 0) is 16.0 Å². The second kappa shape index (κ2) is 7.39. The third kappa shape index (κ3) is 4.18. The summed E-state index contributed by atoms with van der Waals surface area (Å²) in [5.74, 6) is -0.910. The van der Waals surface area contributed by atoms with Crippen molar-refractivity contribution in [1.82, 2.24) is 24.9 Å². The molecule has 0 saturated heterocycles. The number of hydrogen-bond acceptors (Lipinski definition) is 7. The van der Waals surface area contributed by atoms with Crippen LogP contribution < -0.4 is 5.32 Å².